The van der Waals surface area contributed by atoms with E-state index in [1.807, 2.05) is 19.9 Å². The Hall–Kier alpha value is -1.58. The lowest BCUT2D eigenvalue weighted by atomic mass is 10.2. The predicted molar refractivity (Wildman–Crippen MR) is 78.1 cm³/mol. The molecular formula is C14H12Cl2N2O. The molecule has 98 valence electrons. The first kappa shape index (κ1) is 13.8. The van der Waals surface area contributed by atoms with E-state index in [1.165, 1.54) is 6.07 Å². The van der Waals surface area contributed by atoms with Gasteiger partial charge in [0.05, 0.1) is 10.6 Å². The second kappa shape index (κ2) is 5.59. The Morgan fingerprint density at radius 1 is 1.16 bits per heavy atom. The molecule has 19 heavy (non-hydrogen) atoms. The van der Waals surface area contributed by atoms with E-state index < -0.39 is 0 Å². The molecule has 1 N–H and O–H groups in total. The molecule has 1 aromatic heterocycles. The number of benzene rings is 1. The van der Waals surface area contributed by atoms with Gasteiger partial charge in [-0.25, -0.2) is 4.98 Å². The van der Waals surface area contributed by atoms with Crippen molar-refractivity contribution in [2.75, 3.05) is 5.32 Å². The van der Waals surface area contributed by atoms with Crippen LogP contribution in [0.3, 0.4) is 0 Å². The van der Waals surface area contributed by atoms with E-state index in [9.17, 15) is 4.79 Å². The van der Waals surface area contributed by atoms with E-state index in [0.717, 1.165) is 11.3 Å². The van der Waals surface area contributed by atoms with Gasteiger partial charge in [0.2, 0.25) is 0 Å². The fraction of sp³-hybridized carbons (Fsp3) is 0.143. The molecule has 3 nitrogen and oxygen atoms in total. The van der Waals surface area contributed by atoms with E-state index in [0.29, 0.717) is 21.4 Å². The van der Waals surface area contributed by atoms with Gasteiger partial charge in [-0.2, -0.15) is 0 Å². The quantitative estimate of drug-likeness (QED) is 0.899. The summed E-state index contributed by atoms with van der Waals surface area (Å²) in [6, 6.07) is 8.48. The molecule has 0 spiro atoms. The summed E-state index contributed by atoms with van der Waals surface area (Å²) in [4.78, 5) is 16.3. The van der Waals surface area contributed by atoms with Gasteiger partial charge in [-0.1, -0.05) is 23.2 Å². The van der Waals surface area contributed by atoms with E-state index in [2.05, 4.69) is 10.3 Å². The molecule has 0 saturated heterocycles. The predicted octanol–water partition coefficient (Wildman–Crippen LogP) is 4.26. The van der Waals surface area contributed by atoms with E-state index in [4.69, 9.17) is 23.2 Å². The second-order valence-corrected chi connectivity index (χ2v) is 5.09. The normalized spacial score (nSPS) is 10.3. The summed E-state index contributed by atoms with van der Waals surface area (Å²) >= 11 is 11.8. The molecule has 0 unspecified atom stereocenters. The highest BCUT2D eigenvalue weighted by Gasteiger charge is 2.11. The Kier molecular flexibility index (Phi) is 4.08. The monoisotopic (exact) mass is 294 g/mol. The summed E-state index contributed by atoms with van der Waals surface area (Å²) < 4.78 is 0. The van der Waals surface area contributed by atoms with E-state index >= 15 is 0 Å². The zero-order chi connectivity index (χ0) is 14.0. The van der Waals surface area contributed by atoms with Crippen molar-refractivity contribution in [3.05, 3.63) is 57.2 Å². The van der Waals surface area contributed by atoms with Gasteiger partial charge in [0.1, 0.15) is 5.82 Å². The van der Waals surface area contributed by atoms with Crippen molar-refractivity contribution in [1.82, 2.24) is 4.98 Å². The smallest absolute Gasteiger partial charge is 0.258 e. The highest BCUT2D eigenvalue weighted by molar-refractivity contribution is 6.37. The molecule has 1 aromatic carbocycles. The van der Waals surface area contributed by atoms with Crippen LogP contribution in [0.1, 0.15) is 21.6 Å². The number of hydrogen-bond acceptors (Lipinski definition) is 2. The summed E-state index contributed by atoms with van der Waals surface area (Å²) in [5, 5.41) is 3.53. The molecule has 5 heteroatoms. The molecule has 2 rings (SSSR count). The topological polar surface area (TPSA) is 42.0 Å². The van der Waals surface area contributed by atoms with Gasteiger partial charge in [0.15, 0.2) is 0 Å². The molecule has 2 aromatic rings. The van der Waals surface area contributed by atoms with Crippen LogP contribution in [-0.2, 0) is 0 Å². The van der Waals surface area contributed by atoms with Gasteiger partial charge < -0.3 is 5.32 Å². The fourth-order valence-corrected chi connectivity index (χ4v) is 2.26. The minimum atomic E-state index is -0.306. The Morgan fingerprint density at radius 3 is 2.53 bits per heavy atom. The van der Waals surface area contributed by atoms with Crippen LogP contribution in [0.25, 0.3) is 0 Å². The van der Waals surface area contributed by atoms with Crippen LogP contribution in [-0.4, -0.2) is 10.9 Å². The molecule has 0 aliphatic heterocycles. The Morgan fingerprint density at radius 2 is 1.89 bits per heavy atom. The Bertz CT molecular complexity index is 621. The number of anilines is 1. The second-order valence-electron chi connectivity index (χ2n) is 4.25. The number of rotatable bonds is 2. The zero-order valence-corrected chi connectivity index (χ0v) is 12.0. The lowest BCUT2D eigenvalue weighted by Crippen LogP contribution is -2.13. The summed E-state index contributed by atoms with van der Waals surface area (Å²) in [5.41, 5.74) is 2.24. The van der Waals surface area contributed by atoms with Gasteiger partial charge in [-0.05, 0) is 49.7 Å². The molecule has 0 aliphatic rings. The van der Waals surface area contributed by atoms with Crippen molar-refractivity contribution in [3.8, 4) is 0 Å². The van der Waals surface area contributed by atoms with Crippen molar-refractivity contribution < 1.29 is 4.79 Å². The maximum atomic E-state index is 12.1. The van der Waals surface area contributed by atoms with Gasteiger partial charge >= 0.3 is 0 Å². The SMILES string of the molecule is Cc1cc(C)nc(NC(=O)c2ccc(Cl)cc2Cl)c1. The van der Waals surface area contributed by atoms with Crippen molar-refractivity contribution in [2.24, 2.45) is 0 Å². The Balaban J connectivity index is 2.25. The van der Waals surface area contributed by atoms with E-state index in [1.54, 1.807) is 18.2 Å². The summed E-state index contributed by atoms with van der Waals surface area (Å²) in [5.74, 6) is 0.202. The summed E-state index contributed by atoms with van der Waals surface area (Å²) in [7, 11) is 0. The van der Waals surface area contributed by atoms with Gasteiger partial charge in [0.25, 0.3) is 5.91 Å². The average molecular weight is 295 g/mol. The van der Waals surface area contributed by atoms with E-state index in [-0.39, 0.29) is 5.91 Å². The average Bonchev–Trinajstić information content (AvgIpc) is 2.26. The lowest BCUT2D eigenvalue weighted by molar-refractivity contribution is 0.102. The molecule has 0 bridgehead atoms. The first-order chi connectivity index (χ1) is 8.95. The van der Waals surface area contributed by atoms with Crippen LogP contribution in [0.5, 0.6) is 0 Å². The molecule has 0 saturated carbocycles. The van der Waals surface area contributed by atoms with Gasteiger partial charge in [0, 0.05) is 10.7 Å². The molecule has 0 fully saturated rings. The van der Waals surface area contributed by atoms with Crippen LogP contribution >= 0.6 is 23.2 Å². The number of hydrogen-bond donors (Lipinski definition) is 1. The van der Waals surface area contributed by atoms with Crippen molar-refractivity contribution in [2.45, 2.75) is 13.8 Å². The third kappa shape index (κ3) is 3.46. The van der Waals surface area contributed by atoms with Gasteiger partial charge in [-0.15, -0.1) is 0 Å². The number of aromatic nitrogens is 1. The number of aryl methyl sites for hydroxylation is 2. The van der Waals surface area contributed by atoms with Crippen molar-refractivity contribution in [1.29, 1.82) is 0 Å². The maximum absolute atomic E-state index is 12.1. The molecule has 0 radical (unpaired) electrons. The van der Waals surface area contributed by atoms with Crippen molar-refractivity contribution in [3.63, 3.8) is 0 Å². The first-order valence-corrected chi connectivity index (χ1v) is 6.43. The van der Waals surface area contributed by atoms with Crippen LogP contribution in [0.15, 0.2) is 30.3 Å². The highest BCUT2D eigenvalue weighted by Crippen LogP contribution is 2.22. The third-order valence-electron chi connectivity index (χ3n) is 2.52. The number of carbonyl (C=O) groups excluding carboxylic acids is 1. The summed E-state index contributed by atoms with van der Waals surface area (Å²) in [6.45, 7) is 3.82. The molecular weight excluding hydrogens is 283 g/mol. The minimum Gasteiger partial charge on any atom is -0.307 e. The molecule has 1 heterocycles. The number of halogens is 2. The van der Waals surface area contributed by atoms with Gasteiger partial charge in [-0.3, -0.25) is 4.79 Å². The largest absolute Gasteiger partial charge is 0.307 e. The lowest BCUT2D eigenvalue weighted by Gasteiger charge is -2.08. The number of pyridine rings is 1. The molecule has 1 amide bonds. The number of carbonyl (C=O) groups is 1. The van der Waals surface area contributed by atoms with Crippen molar-refractivity contribution >= 4 is 34.9 Å². The maximum Gasteiger partial charge on any atom is 0.258 e. The van der Waals surface area contributed by atoms with Crippen LogP contribution < -0.4 is 5.32 Å². The highest BCUT2D eigenvalue weighted by atomic mass is 35.5. The number of nitrogens with one attached hydrogen (secondary N) is 1. The molecule has 0 atom stereocenters. The molecule has 0 aliphatic carbocycles. The number of amides is 1. The number of nitrogens with zero attached hydrogens (tertiary/aromatic N) is 1. The summed E-state index contributed by atoms with van der Waals surface area (Å²) in [6.07, 6.45) is 0. The first-order valence-electron chi connectivity index (χ1n) is 5.67. The zero-order valence-electron chi connectivity index (χ0n) is 10.5. The fourth-order valence-electron chi connectivity index (χ4n) is 1.76. The Labute approximate surface area is 121 Å². The van der Waals surface area contributed by atoms with Crippen LogP contribution in [0, 0.1) is 13.8 Å². The van der Waals surface area contributed by atoms with Crippen LogP contribution in [0.2, 0.25) is 10.0 Å². The minimum absolute atomic E-state index is 0.306. The standard InChI is InChI=1S/C14H12Cl2N2O/c1-8-5-9(2)17-13(6-8)18-14(19)11-4-3-10(15)7-12(11)16/h3-7H,1-2H3,(H,17,18,19). The third-order valence-corrected chi connectivity index (χ3v) is 3.06. The van der Waals surface area contributed by atoms with Crippen LogP contribution in [0.4, 0.5) is 5.82 Å².